The lowest BCUT2D eigenvalue weighted by atomic mass is 10.1. The van der Waals surface area contributed by atoms with Gasteiger partial charge in [0.05, 0.1) is 5.92 Å². The second-order valence-electron chi connectivity index (χ2n) is 4.77. The second-order valence-corrected chi connectivity index (χ2v) is 6.48. The molecule has 1 aliphatic heterocycles. The molecule has 0 radical (unpaired) electrons. The van der Waals surface area contributed by atoms with Crippen LogP contribution in [0.4, 0.5) is 0 Å². The third kappa shape index (κ3) is 2.97. The Morgan fingerprint density at radius 2 is 1.88 bits per heavy atom. The van der Waals surface area contributed by atoms with Crippen molar-refractivity contribution in [3.05, 3.63) is 0 Å². The lowest BCUT2D eigenvalue weighted by molar-refractivity contribution is -0.141. The molecule has 1 saturated heterocycles. The van der Waals surface area contributed by atoms with Crippen LogP contribution in [-0.4, -0.2) is 42.9 Å². The molecule has 0 aromatic rings. The first-order chi connectivity index (χ1) is 7.99. The highest BCUT2D eigenvalue weighted by molar-refractivity contribution is 7.87. The van der Waals surface area contributed by atoms with Crippen molar-refractivity contribution in [2.24, 2.45) is 5.92 Å². The van der Waals surface area contributed by atoms with E-state index in [1.807, 2.05) is 0 Å². The molecule has 0 bridgehead atoms. The third-order valence-electron chi connectivity index (χ3n) is 3.50. The van der Waals surface area contributed by atoms with E-state index in [9.17, 15) is 13.2 Å². The Bertz CT molecular complexity index is 389. The zero-order valence-electron chi connectivity index (χ0n) is 9.63. The van der Waals surface area contributed by atoms with Crippen LogP contribution >= 0.6 is 0 Å². The molecule has 2 fully saturated rings. The van der Waals surface area contributed by atoms with Crippen molar-refractivity contribution in [2.75, 3.05) is 13.1 Å². The number of carboxylic acids is 1. The Morgan fingerprint density at radius 1 is 1.24 bits per heavy atom. The van der Waals surface area contributed by atoms with Crippen molar-refractivity contribution in [1.82, 2.24) is 9.03 Å². The average Bonchev–Trinajstić information content (AvgIpc) is 2.85. The van der Waals surface area contributed by atoms with Crippen LogP contribution in [0, 0.1) is 5.92 Å². The van der Waals surface area contributed by atoms with Gasteiger partial charge in [0.25, 0.3) is 10.2 Å². The molecule has 2 aliphatic rings. The molecule has 2 atom stereocenters. The number of nitrogens with one attached hydrogen (secondary N) is 1. The molecule has 0 unspecified atom stereocenters. The normalized spacial score (nSPS) is 30.8. The fourth-order valence-corrected chi connectivity index (χ4v) is 4.05. The van der Waals surface area contributed by atoms with Crippen LogP contribution in [0.5, 0.6) is 0 Å². The van der Waals surface area contributed by atoms with Crippen molar-refractivity contribution < 1.29 is 18.3 Å². The Kier molecular flexibility index (Phi) is 3.70. The highest BCUT2D eigenvalue weighted by atomic mass is 32.2. The highest BCUT2D eigenvalue weighted by Crippen LogP contribution is 2.26. The fraction of sp³-hybridized carbons (Fsp3) is 0.900. The Hall–Kier alpha value is -0.660. The Labute approximate surface area is 101 Å². The lowest BCUT2D eigenvalue weighted by Crippen LogP contribution is -2.43. The molecule has 6 nitrogen and oxygen atoms in total. The monoisotopic (exact) mass is 262 g/mol. The summed E-state index contributed by atoms with van der Waals surface area (Å²) in [5.74, 6) is -1.23. The van der Waals surface area contributed by atoms with Crippen molar-refractivity contribution >= 4 is 16.2 Å². The van der Waals surface area contributed by atoms with Gasteiger partial charge >= 0.3 is 5.97 Å². The van der Waals surface area contributed by atoms with Gasteiger partial charge in [-0.3, -0.25) is 4.79 Å². The van der Waals surface area contributed by atoms with Gasteiger partial charge in [0.1, 0.15) is 0 Å². The van der Waals surface area contributed by atoms with Crippen LogP contribution in [0.25, 0.3) is 0 Å². The van der Waals surface area contributed by atoms with E-state index in [1.54, 1.807) is 0 Å². The van der Waals surface area contributed by atoms with Crippen LogP contribution in [-0.2, 0) is 15.0 Å². The van der Waals surface area contributed by atoms with Crippen LogP contribution in [0.1, 0.15) is 32.1 Å². The molecule has 0 amide bonds. The summed E-state index contributed by atoms with van der Waals surface area (Å²) in [6, 6.07) is -0.221. The molecule has 2 rings (SSSR count). The minimum Gasteiger partial charge on any atom is -0.481 e. The second kappa shape index (κ2) is 4.91. The molecule has 7 heteroatoms. The van der Waals surface area contributed by atoms with Gasteiger partial charge in [0.2, 0.25) is 0 Å². The molecule has 0 aromatic heterocycles. The highest BCUT2D eigenvalue weighted by Gasteiger charge is 2.34. The van der Waals surface area contributed by atoms with Gasteiger partial charge in [-0.05, 0) is 32.1 Å². The number of aliphatic carboxylic acids is 1. The SMILES string of the molecule is O=C(O)[C@@H]1CC[C@H](NS(=O)(=O)N2CCCC2)C1. The molecule has 1 heterocycles. The van der Waals surface area contributed by atoms with E-state index in [0.717, 1.165) is 12.8 Å². The zero-order chi connectivity index (χ0) is 12.5. The summed E-state index contributed by atoms with van der Waals surface area (Å²) in [6.45, 7) is 1.15. The molecule has 17 heavy (non-hydrogen) atoms. The summed E-state index contributed by atoms with van der Waals surface area (Å²) in [4.78, 5) is 10.8. The third-order valence-corrected chi connectivity index (χ3v) is 5.18. The van der Waals surface area contributed by atoms with Gasteiger partial charge in [0.15, 0.2) is 0 Å². The van der Waals surface area contributed by atoms with Gasteiger partial charge in [-0.1, -0.05) is 0 Å². The molecule has 1 aliphatic carbocycles. The van der Waals surface area contributed by atoms with Crippen molar-refractivity contribution in [3.63, 3.8) is 0 Å². The van der Waals surface area contributed by atoms with E-state index < -0.39 is 22.1 Å². The summed E-state index contributed by atoms with van der Waals surface area (Å²) in [5.41, 5.74) is 0. The summed E-state index contributed by atoms with van der Waals surface area (Å²) in [5, 5.41) is 8.85. The van der Waals surface area contributed by atoms with Gasteiger partial charge in [-0.2, -0.15) is 17.4 Å². The largest absolute Gasteiger partial charge is 0.481 e. The molecule has 0 aromatic carbocycles. The van der Waals surface area contributed by atoms with Crippen LogP contribution in [0.3, 0.4) is 0 Å². The Morgan fingerprint density at radius 3 is 2.41 bits per heavy atom. The van der Waals surface area contributed by atoms with Gasteiger partial charge in [-0.15, -0.1) is 0 Å². The van der Waals surface area contributed by atoms with E-state index in [1.165, 1.54) is 4.31 Å². The predicted octanol–water partition coefficient (Wildman–Crippen LogP) is 0.170. The Balaban J connectivity index is 1.91. The number of rotatable bonds is 4. The number of carbonyl (C=O) groups is 1. The molecule has 2 N–H and O–H groups in total. The minimum atomic E-state index is -3.40. The fourth-order valence-electron chi connectivity index (χ4n) is 2.53. The molecule has 0 spiro atoms. The summed E-state index contributed by atoms with van der Waals surface area (Å²) in [6.07, 6.45) is 3.39. The van der Waals surface area contributed by atoms with Gasteiger partial charge in [0, 0.05) is 19.1 Å². The van der Waals surface area contributed by atoms with Crippen LogP contribution in [0.2, 0.25) is 0 Å². The first-order valence-electron chi connectivity index (χ1n) is 5.99. The number of hydrogen-bond donors (Lipinski definition) is 2. The number of nitrogens with zero attached hydrogens (tertiary/aromatic N) is 1. The lowest BCUT2D eigenvalue weighted by Gasteiger charge is -2.19. The molecular formula is C10H18N2O4S. The quantitative estimate of drug-likeness (QED) is 0.756. The molecule has 1 saturated carbocycles. The zero-order valence-corrected chi connectivity index (χ0v) is 10.4. The van der Waals surface area contributed by atoms with Crippen LogP contribution < -0.4 is 4.72 Å². The minimum absolute atomic E-state index is 0.221. The maximum absolute atomic E-state index is 11.9. The number of hydrogen-bond acceptors (Lipinski definition) is 3. The summed E-state index contributed by atoms with van der Waals surface area (Å²) >= 11 is 0. The van der Waals surface area contributed by atoms with Crippen molar-refractivity contribution in [3.8, 4) is 0 Å². The molecule has 98 valence electrons. The van der Waals surface area contributed by atoms with E-state index >= 15 is 0 Å². The standard InChI is InChI=1S/C10H18N2O4S/c13-10(14)8-3-4-9(7-8)11-17(15,16)12-5-1-2-6-12/h8-9,11H,1-7H2,(H,13,14)/t8-,9+/m1/s1. The van der Waals surface area contributed by atoms with Gasteiger partial charge in [-0.25, -0.2) is 0 Å². The van der Waals surface area contributed by atoms with Crippen molar-refractivity contribution in [1.29, 1.82) is 0 Å². The van der Waals surface area contributed by atoms with Crippen molar-refractivity contribution in [2.45, 2.75) is 38.1 Å². The first-order valence-corrected chi connectivity index (χ1v) is 7.43. The average molecular weight is 262 g/mol. The maximum atomic E-state index is 11.9. The van der Waals surface area contributed by atoms with Gasteiger partial charge < -0.3 is 5.11 Å². The first kappa shape index (κ1) is 12.8. The van der Waals surface area contributed by atoms with E-state index in [2.05, 4.69) is 4.72 Å². The van der Waals surface area contributed by atoms with E-state index in [-0.39, 0.29) is 6.04 Å². The predicted molar refractivity (Wildman–Crippen MR) is 61.6 cm³/mol. The van der Waals surface area contributed by atoms with E-state index in [4.69, 9.17) is 5.11 Å². The van der Waals surface area contributed by atoms with E-state index in [0.29, 0.717) is 32.4 Å². The maximum Gasteiger partial charge on any atom is 0.306 e. The smallest absolute Gasteiger partial charge is 0.306 e. The van der Waals surface area contributed by atoms with Crippen LogP contribution in [0.15, 0.2) is 0 Å². The number of carboxylic acid groups (broad SMARTS) is 1. The summed E-state index contributed by atoms with van der Waals surface area (Å²) < 4.78 is 27.9. The molecular weight excluding hydrogens is 244 g/mol. The topological polar surface area (TPSA) is 86.7 Å². The summed E-state index contributed by atoms with van der Waals surface area (Å²) in [7, 11) is -3.40.